The highest BCUT2D eigenvalue weighted by molar-refractivity contribution is 5.38. The van der Waals surface area contributed by atoms with Gasteiger partial charge in [0.15, 0.2) is 0 Å². The fraction of sp³-hybridized carbons (Fsp3) is 0.538. The summed E-state index contributed by atoms with van der Waals surface area (Å²) in [5.41, 5.74) is 7.95. The van der Waals surface area contributed by atoms with Crippen LogP contribution >= 0.6 is 0 Å². The van der Waals surface area contributed by atoms with E-state index in [4.69, 9.17) is 5.73 Å². The van der Waals surface area contributed by atoms with E-state index in [9.17, 15) is 4.39 Å². The van der Waals surface area contributed by atoms with Crippen LogP contribution in [-0.2, 0) is 5.41 Å². The molecule has 1 aromatic rings. The number of benzene rings is 1. The number of aryl methyl sites for hydroxylation is 1. The summed E-state index contributed by atoms with van der Waals surface area (Å²) in [5, 5.41) is 0. The lowest BCUT2D eigenvalue weighted by Crippen LogP contribution is -2.45. The van der Waals surface area contributed by atoms with E-state index >= 15 is 0 Å². The fourth-order valence-corrected chi connectivity index (χ4v) is 2.37. The molecule has 15 heavy (non-hydrogen) atoms. The van der Waals surface area contributed by atoms with Crippen molar-refractivity contribution in [3.8, 4) is 0 Å². The molecule has 0 spiro atoms. The Morgan fingerprint density at radius 1 is 1.33 bits per heavy atom. The maximum atomic E-state index is 13.2. The molecule has 0 atom stereocenters. The molecule has 82 valence electrons. The van der Waals surface area contributed by atoms with Crippen molar-refractivity contribution in [1.29, 1.82) is 0 Å². The second-order valence-electron chi connectivity index (χ2n) is 5.27. The highest BCUT2D eigenvalue weighted by Gasteiger charge is 2.53. The predicted molar refractivity (Wildman–Crippen MR) is 60.3 cm³/mol. The first-order valence-electron chi connectivity index (χ1n) is 5.42. The van der Waals surface area contributed by atoms with Gasteiger partial charge in [0.1, 0.15) is 5.82 Å². The van der Waals surface area contributed by atoms with Crippen molar-refractivity contribution in [1.82, 2.24) is 0 Å². The summed E-state index contributed by atoms with van der Waals surface area (Å²) in [4.78, 5) is 0. The number of rotatable bonds is 2. The number of halogens is 1. The second kappa shape index (κ2) is 3.05. The molecule has 0 heterocycles. The third kappa shape index (κ3) is 1.57. The van der Waals surface area contributed by atoms with Crippen molar-refractivity contribution < 1.29 is 4.39 Å². The Bertz CT molecular complexity index is 386. The van der Waals surface area contributed by atoms with E-state index in [0.29, 0.717) is 5.56 Å². The normalized spacial score (nSPS) is 19.0. The van der Waals surface area contributed by atoms with Crippen molar-refractivity contribution in [2.45, 2.75) is 44.6 Å². The lowest BCUT2D eigenvalue weighted by atomic mass is 9.79. The van der Waals surface area contributed by atoms with Crippen LogP contribution < -0.4 is 5.73 Å². The molecule has 0 aliphatic heterocycles. The smallest absolute Gasteiger partial charge is 0.126 e. The third-order valence-corrected chi connectivity index (χ3v) is 3.69. The topological polar surface area (TPSA) is 26.0 Å². The van der Waals surface area contributed by atoms with Crippen LogP contribution in [-0.4, -0.2) is 5.54 Å². The van der Waals surface area contributed by atoms with Gasteiger partial charge in [-0.05, 0) is 50.8 Å². The maximum Gasteiger partial charge on any atom is 0.126 e. The van der Waals surface area contributed by atoms with Crippen LogP contribution in [0.2, 0.25) is 0 Å². The summed E-state index contributed by atoms with van der Waals surface area (Å²) in [6, 6.07) is 5.37. The van der Waals surface area contributed by atoms with Crippen LogP contribution in [0.25, 0.3) is 0 Å². The zero-order valence-corrected chi connectivity index (χ0v) is 9.60. The first kappa shape index (κ1) is 10.6. The van der Waals surface area contributed by atoms with E-state index in [1.807, 2.05) is 12.1 Å². The molecule has 0 bridgehead atoms. The van der Waals surface area contributed by atoms with Gasteiger partial charge in [-0.2, -0.15) is 0 Å². The number of nitrogens with two attached hydrogens (primary N) is 1. The van der Waals surface area contributed by atoms with E-state index in [-0.39, 0.29) is 16.8 Å². The maximum absolute atomic E-state index is 13.2. The van der Waals surface area contributed by atoms with E-state index in [1.165, 1.54) is 5.56 Å². The zero-order valence-electron chi connectivity index (χ0n) is 9.60. The fourth-order valence-electron chi connectivity index (χ4n) is 2.37. The van der Waals surface area contributed by atoms with Gasteiger partial charge in [0.25, 0.3) is 0 Å². The molecule has 0 aromatic heterocycles. The molecule has 0 radical (unpaired) electrons. The minimum atomic E-state index is -0.225. The van der Waals surface area contributed by atoms with Crippen molar-refractivity contribution in [3.05, 3.63) is 35.1 Å². The molecule has 1 nitrogen and oxygen atoms in total. The van der Waals surface area contributed by atoms with Crippen LogP contribution in [0.3, 0.4) is 0 Å². The predicted octanol–water partition coefficient (Wildman–Crippen LogP) is 2.90. The van der Waals surface area contributed by atoms with E-state index in [0.717, 1.165) is 12.8 Å². The Morgan fingerprint density at radius 2 is 1.93 bits per heavy atom. The summed E-state index contributed by atoms with van der Waals surface area (Å²) in [5.74, 6) is -0.135. The molecule has 2 heteroatoms. The first-order chi connectivity index (χ1) is 6.87. The lowest BCUT2D eigenvalue weighted by Gasteiger charge is -2.31. The van der Waals surface area contributed by atoms with Gasteiger partial charge in [-0.15, -0.1) is 0 Å². The molecule has 0 unspecified atom stereocenters. The van der Waals surface area contributed by atoms with Gasteiger partial charge in [0.05, 0.1) is 0 Å². The Kier molecular flexibility index (Phi) is 2.16. The van der Waals surface area contributed by atoms with Crippen LogP contribution in [0.4, 0.5) is 4.39 Å². The van der Waals surface area contributed by atoms with Crippen LogP contribution in [0.5, 0.6) is 0 Å². The Morgan fingerprint density at radius 3 is 2.33 bits per heavy atom. The lowest BCUT2D eigenvalue weighted by molar-refractivity contribution is 0.391. The zero-order chi connectivity index (χ0) is 11.3. The van der Waals surface area contributed by atoms with Gasteiger partial charge in [-0.25, -0.2) is 4.39 Å². The number of hydrogen-bond acceptors (Lipinski definition) is 1. The summed E-state index contributed by atoms with van der Waals surface area (Å²) in [6.45, 7) is 5.91. The largest absolute Gasteiger partial charge is 0.325 e. The number of hydrogen-bond donors (Lipinski definition) is 1. The standard InChI is InChI=1S/C13H18FN/c1-9-8-10(4-5-11(9)14)13(6-7-13)12(2,3)15/h4-5,8H,6-7,15H2,1-3H3. The van der Waals surface area contributed by atoms with Gasteiger partial charge < -0.3 is 5.73 Å². The average Bonchev–Trinajstić information content (AvgIpc) is 2.88. The van der Waals surface area contributed by atoms with Crippen LogP contribution in [0.15, 0.2) is 18.2 Å². The van der Waals surface area contributed by atoms with Gasteiger partial charge in [0.2, 0.25) is 0 Å². The molecule has 1 fully saturated rings. The molecule has 0 saturated heterocycles. The molecule has 0 amide bonds. The molecule has 1 aliphatic carbocycles. The highest BCUT2D eigenvalue weighted by Crippen LogP contribution is 2.54. The van der Waals surface area contributed by atoms with Crippen LogP contribution in [0, 0.1) is 12.7 Å². The summed E-state index contributed by atoms with van der Waals surface area (Å²) < 4.78 is 13.2. The molecule has 2 rings (SSSR count). The first-order valence-corrected chi connectivity index (χ1v) is 5.42. The quantitative estimate of drug-likeness (QED) is 0.792. The SMILES string of the molecule is Cc1cc(C2(C(C)(C)N)CC2)ccc1F. The summed E-state index contributed by atoms with van der Waals surface area (Å²) in [7, 11) is 0. The van der Waals surface area contributed by atoms with Crippen molar-refractivity contribution >= 4 is 0 Å². The monoisotopic (exact) mass is 207 g/mol. The molecule has 1 saturated carbocycles. The third-order valence-electron chi connectivity index (χ3n) is 3.69. The summed E-state index contributed by atoms with van der Waals surface area (Å²) >= 11 is 0. The average molecular weight is 207 g/mol. The van der Waals surface area contributed by atoms with Gasteiger partial charge in [-0.3, -0.25) is 0 Å². The van der Waals surface area contributed by atoms with Crippen molar-refractivity contribution in [3.63, 3.8) is 0 Å². The molecular weight excluding hydrogens is 189 g/mol. The van der Waals surface area contributed by atoms with E-state index in [1.54, 1.807) is 13.0 Å². The summed E-state index contributed by atoms with van der Waals surface area (Å²) in [6.07, 6.45) is 2.23. The molecule has 1 aromatic carbocycles. The minimum Gasteiger partial charge on any atom is -0.325 e. The Labute approximate surface area is 90.5 Å². The second-order valence-corrected chi connectivity index (χ2v) is 5.27. The highest BCUT2D eigenvalue weighted by atomic mass is 19.1. The van der Waals surface area contributed by atoms with Crippen molar-refractivity contribution in [2.24, 2.45) is 5.73 Å². The van der Waals surface area contributed by atoms with Gasteiger partial charge in [0, 0.05) is 11.0 Å². The van der Waals surface area contributed by atoms with Gasteiger partial charge in [-0.1, -0.05) is 12.1 Å². The molecule has 2 N–H and O–H groups in total. The molecular formula is C13H18FN. The van der Waals surface area contributed by atoms with Crippen molar-refractivity contribution in [2.75, 3.05) is 0 Å². The molecule has 1 aliphatic rings. The Hall–Kier alpha value is -0.890. The Balaban J connectivity index is 2.43. The van der Waals surface area contributed by atoms with E-state index < -0.39 is 0 Å². The van der Waals surface area contributed by atoms with Crippen LogP contribution in [0.1, 0.15) is 37.8 Å². The van der Waals surface area contributed by atoms with Gasteiger partial charge >= 0.3 is 0 Å². The minimum absolute atomic E-state index is 0.0749. The van der Waals surface area contributed by atoms with E-state index in [2.05, 4.69) is 13.8 Å².